The van der Waals surface area contributed by atoms with E-state index in [1.807, 2.05) is 17.0 Å². The third kappa shape index (κ3) is 3.42. The number of rotatable bonds is 2. The molecule has 0 N–H and O–H groups in total. The van der Waals surface area contributed by atoms with Gasteiger partial charge in [0.25, 0.3) is 5.91 Å². The first-order valence-corrected chi connectivity index (χ1v) is 8.64. The molecule has 0 radical (unpaired) electrons. The number of pyridine rings is 1. The molecule has 0 spiro atoms. The van der Waals surface area contributed by atoms with E-state index in [2.05, 4.69) is 23.7 Å². The molecular formula is C18H27N3O. The van der Waals surface area contributed by atoms with Gasteiger partial charge in [0.1, 0.15) is 5.69 Å². The van der Waals surface area contributed by atoms with E-state index in [0.717, 1.165) is 44.2 Å². The van der Waals surface area contributed by atoms with Crippen molar-refractivity contribution >= 4 is 11.6 Å². The Labute approximate surface area is 133 Å². The van der Waals surface area contributed by atoms with Gasteiger partial charge in [-0.15, -0.1) is 0 Å². The molecule has 3 heterocycles. The Bertz CT molecular complexity index is 531. The number of piperidine rings is 2. The van der Waals surface area contributed by atoms with Crippen LogP contribution in [0.1, 0.15) is 50.0 Å². The number of amides is 1. The van der Waals surface area contributed by atoms with Crippen molar-refractivity contribution in [2.45, 2.75) is 39.5 Å². The molecule has 120 valence electrons. The van der Waals surface area contributed by atoms with Crippen molar-refractivity contribution in [2.75, 3.05) is 31.1 Å². The summed E-state index contributed by atoms with van der Waals surface area (Å²) in [4.78, 5) is 21.4. The summed E-state index contributed by atoms with van der Waals surface area (Å²) in [5.41, 5.74) is 1.75. The Morgan fingerprint density at radius 2 is 1.86 bits per heavy atom. The largest absolute Gasteiger partial charge is 0.371 e. The number of hydrogen-bond donors (Lipinski definition) is 0. The Morgan fingerprint density at radius 1 is 1.14 bits per heavy atom. The van der Waals surface area contributed by atoms with E-state index in [0.29, 0.717) is 11.6 Å². The maximum atomic E-state index is 12.7. The number of likely N-dealkylation sites (tertiary alicyclic amines) is 1. The summed E-state index contributed by atoms with van der Waals surface area (Å²) in [7, 11) is 0. The quantitative estimate of drug-likeness (QED) is 0.841. The molecule has 0 bridgehead atoms. The van der Waals surface area contributed by atoms with E-state index in [4.69, 9.17) is 0 Å². The molecule has 2 saturated heterocycles. The van der Waals surface area contributed by atoms with Crippen molar-refractivity contribution in [2.24, 2.45) is 11.8 Å². The lowest BCUT2D eigenvalue weighted by molar-refractivity contribution is 0.0677. The smallest absolute Gasteiger partial charge is 0.272 e. The van der Waals surface area contributed by atoms with Crippen LogP contribution in [0, 0.1) is 11.8 Å². The molecule has 1 aromatic heterocycles. The summed E-state index contributed by atoms with van der Waals surface area (Å²) < 4.78 is 0. The SMILES string of the molecule is CC1CCCN(C(=O)c2cc(N3CCCC(C)C3)ccn2)C1. The van der Waals surface area contributed by atoms with Crippen molar-refractivity contribution in [3.63, 3.8) is 0 Å². The van der Waals surface area contributed by atoms with Crippen LogP contribution in [0.4, 0.5) is 5.69 Å². The molecule has 2 aliphatic heterocycles. The standard InChI is InChI=1S/C18H27N3O/c1-14-5-3-9-20(12-14)16-7-8-19-17(11-16)18(22)21-10-4-6-15(2)13-21/h7-8,11,14-15H,3-6,9-10,12-13H2,1-2H3. The average molecular weight is 301 g/mol. The molecule has 4 nitrogen and oxygen atoms in total. The first kappa shape index (κ1) is 15.3. The lowest BCUT2D eigenvalue weighted by Gasteiger charge is -2.33. The molecule has 4 heteroatoms. The summed E-state index contributed by atoms with van der Waals surface area (Å²) in [6.07, 6.45) is 6.66. The van der Waals surface area contributed by atoms with Gasteiger partial charge in [0.15, 0.2) is 0 Å². The molecule has 2 atom stereocenters. The lowest BCUT2D eigenvalue weighted by Crippen LogP contribution is -2.39. The zero-order chi connectivity index (χ0) is 15.5. The number of hydrogen-bond acceptors (Lipinski definition) is 3. The molecule has 0 aromatic carbocycles. The fraction of sp³-hybridized carbons (Fsp3) is 0.667. The van der Waals surface area contributed by atoms with Gasteiger partial charge in [-0.05, 0) is 49.7 Å². The van der Waals surface area contributed by atoms with Crippen molar-refractivity contribution in [3.05, 3.63) is 24.0 Å². The molecule has 2 fully saturated rings. The van der Waals surface area contributed by atoms with Gasteiger partial charge in [-0.2, -0.15) is 0 Å². The van der Waals surface area contributed by atoms with Crippen LogP contribution >= 0.6 is 0 Å². The van der Waals surface area contributed by atoms with Crippen LogP contribution in [0.2, 0.25) is 0 Å². The zero-order valence-corrected chi connectivity index (χ0v) is 13.8. The molecule has 0 aliphatic carbocycles. The van der Waals surface area contributed by atoms with Gasteiger partial charge in [0, 0.05) is 38.1 Å². The highest BCUT2D eigenvalue weighted by atomic mass is 16.2. The minimum atomic E-state index is 0.0958. The zero-order valence-electron chi connectivity index (χ0n) is 13.8. The molecular weight excluding hydrogens is 274 g/mol. The van der Waals surface area contributed by atoms with Gasteiger partial charge < -0.3 is 9.80 Å². The third-order valence-electron chi connectivity index (χ3n) is 4.93. The van der Waals surface area contributed by atoms with Crippen LogP contribution in [0.15, 0.2) is 18.3 Å². The Kier molecular flexibility index (Phi) is 4.65. The second-order valence-electron chi connectivity index (χ2n) is 7.09. The van der Waals surface area contributed by atoms with Gasteiger partial charge in [-0.3, -0.25) is 9.78 Å². The molecule has 1 amide bonds. The number of nitrogens with zero attached hydrogens (tertiary/aromatic N) is 3. The van der Waals surface area contributed by atoms with Gasteiger partial charge >= 0.3 is 0 Å². The first-order valence-electron chi connectivity index (χ1n) is 8.64. The maximum Gasteiger partial charge on any atom is 0.272 e. The minimum absolute atomic E-state index is 0.0958. The van der Waals surface area contributed by atoms with Gasteiger partial charge in [-0.25, -0.2) is 0 Å². The van der Waals surface area contributed by atoms with E-state index in [-0.39, 0.29) is 5.91 Å². The predicted octanol–water partition coefficient (Wildman–Crippen LogP) is 3.19. The van der Waals surface area contributed by atoms with Gasteiger partial charge in [0.05, 0.1) is 0 Å². The van der Waals surface area contributed by atoms with E-state index >= 15 is 0 Å². The number of carbonyl (C=O) groups is 1. The fourth-order valence-corrected chi connectivity index (χ4v) is 3.69. The normalized spacial score (nSPS) is 26.1. The topological polar surface area (TPSA) is 36.4 Å². The van der Waals surface area contributed by atoms with E-state index in [1.54, 1.807) is 6.20 Å². The first-order chi connectivity index (χ1) is 10.6. The number of carbonyl (C=O) groups excluding carboxylic acids is 1. The lowest BCUT2D eigenvalue weighted by atomic mass is 9.99. The monoisotopic (exact) mass is 301 g/mol. The summed E-state index contributed by atoms with van der Waals surface area (Å²) in [6.45, 7) is 8.43. The molecule has 2 unspecified atom stereocenters. The van der Waals surface area contributed by atoms with Crippen LogP contribution < -0.4 is 4.90 Å². The van der Waals surface area contributed by atoms with Gasteiger partial charge in [-0.1, -0.05) is 13.8 Å². The van der Waals surface area contributed by atoms with Crippen molar-refractivity contribution < 1.29 is 4.79 Å². The van der Waals surface area contributed by atoms with Gasteiger partial charge in [0.2, 0.25) is 0 Å². The predicted molar refractivity (Wildman–Crippen MR) is 89.1 cm³/mol. The number of aromatic nitrogens is 1. The minimum Gasteiger partial charge on any atom is -0.371 e. The summed E-state index contributed by atoms with van der Waals surface area (Å²) in [5, 5.41) is 0. The van der Waals surface area contributed by atoms with Crippen molar-refractivity contribution in [1.29, 1.82) is 0 Å². The summed E-state index contributed by atoms with van der Waals surface area (Å²) in [5.74, 6) is 1.42. The van der Waals surface area contributed by atoms with Crippen molar-refractivity contribution in [1.82, 2.24) is 9.88 Å². The Morgan fingerprint density at radius 3 is 2.59 bits per heavy atom. The highest BCUT2D eigenvalue weighted by molar-refractivity contribution is 5.93. The van der Waals surface area contributed by atoms with Crippen LogP contribution in [0.5, 0.6) is 0 Å². The van der Waals surface area contributed by atoms with E-state index in [9.17, 15) is 4.79 Å². The fourth-order valence-electron chi connectivity index (χ4n) is 3.69. The van der Waals surface area contributed by atoms with Crippen LogP contribution in [0.25, 0.3) is 0 Å². The molecule has 0 saturated carbocycles. The average Bonchev–Trinajstić information content (AvgIpc) is 2.54. The molecule has 22 heavy (non-hydrogen) atoms. The van der Waals surface area contributed by atoms with Crippen molar-refractivity contribution in [3.8, 4) is 0 Å². The molecule has 3 rings (SSSR count). The highest BCUT2D eigenvalue weighted by Gasteiger charge is 2.24. The Balaban J connectivity index is 1.74. The summed E-state index contributed by atoms with van der Waals surface area (Å²) in [6, 6.07) is 4.02. The summed E-state index contributed by atoms with van der Waals surface area (Å²) >= 11 is 0. The van der Waals surface area contributed by atoms with Crippen LogP contribution in [-0.4, -0.2) is 42.0 Å². The van der Waals surface area contributed by atoms with E-state index < -0.39 is 0 Å². The van der Waals surface area contributed by atoms with Crippen LogP contribution in [-0.2, 0) is 0 Å². The molecule has 1 aromatic rings. The maximum absolute atomic E-state index is 12.7. The second kappa shape index (κ2) is 6.67. The molecule has 2 aliphatic rings. The number of anilines is 1. The third-order valence-corrected chi connectivity index (χ3v) is 4.93. The second-order valence-corrected chi connectivity index (χ2v) is 7.09. The van der Waals surface area contributed by atoms with E-state index in [1.165, 1.54) is 19.3 Å². The Hall–Kier alpha value is -1.58. The highest BCUT2D eigenvalue weighted by Crippen LogP contribution is 2.24. The van der Waals surface area contributed by atoms with Crippen LogP contribution in [0.3, 0.4) is 0 Å².